The lowest BCUT2D eigenvalue weighted by Crippen LogP contribution is -2.58. The smallest absolute Gasteiger partial charge is 0.251 e. The number of furan rings is 1. The zero-order chi connectivity index (χ0) is 19.4. The molecule has 2 bridgehead atoms. The van der Waals surface area contributed by atoms with E-state index in [0.29, 0.717) is 5.56 Å². The number of rotatable bonds is 3. The highest BCUT2D eigenvalue weighted by atomic mass is 16.3. The molecule has 6 rings (SSSR count). The third-order valence-electron chi connectivity index (χ3n) is 6.58. The lowest BCUT2D eigenvalue weighted by molar-refractivity contribution is -0.0702. The quantitative estimate of drug-likeness (QED) is 0.712. The van der Waals surface area contributed by atoms with Gasteiger partial charge < -0.3 is 14.8 Å². The van der Waals surface area contributed by atoms with Crippen molar-refractivity contribution in [3.63, 3.8) is 0 Å². The Hall–Kier alpha value is -2.66. The van der Waals surface area contributed by atoms with Gasteiger partial charge in [0.25, 0.3) is 5.91 Å². The molecule has 144 valence electrons. The van der Waals surface area contributed by atoms with E-state index < -0.39 is 5.60 Å². The summed E-state index contributed by atoms with van der Waals surface area (Å²) in [4.78, 5) is 17.5. The van der Waals surface area contributed by atoms with Crippen LogP contribution in [0.2, 0.25) is 0 Å². The monoisotopic (exact) mass is 376 g/mol. The van der Waals surface area contributed by atoms with Crippen LogP contribution in [0.4, 0.5) is 0 Å². The lowest BCUT2D eigenvalue weighted by Gasteiger charge is -2.51. The average molecular weight is 376 g/mol. The highest BCUT2D eigenvalue weighted by molar-refractivity contribution is 5.96. The number of carbonyl (C=O) groups is 1. The van der Waals surface area contributed by atoms with Crippen LogP contribution in [0, 0.1) is 6.92 Å². The third kappa shape index (κ3) is 2.90. The van der Waals surface area contributed by atoms with E-state index in [1.54, 1.807) is 6.26 Å². The SMILES string of the molecule is Cc1cc2occc2c(-c2ccc(C(=O)NC34CCC(O)(CC3)CC4)cc2)n1. The molecular weight excluding hydrogens is 352 g/mol. The highest BCUT2D eigenvalue weighted by Crippen LogP contribution is 2.46. The van der Waals surface area contributed by atoms with Gasteiger partial charge in [-0.25, -0.2) is 0 Å². The Morgan fingerprint density at radius 2 is 1.75 bits per heavy atom. The molecule has 5 nitrogen and oxygen atoms in total. The van der Waals surface area contributed by atoms with E-state index in [9.17, 15) is 9.90 Å². The Morgan fingerprint density at radius 3 is 2.43 bits per heavy atom. The van der Waals surface area contributed by atoms with E-state index in [1.807, 2.05) is 43.3 Å². The summed E-state index contributed by atoms with van der Waals surface area (Å²) >= 11 is 0. The van der Waals surface area contributed by atoms with Crippen LogP contribution in [-0.4, -0.2) is 27.1 Å². The summed E-state index contributed by atoms with van der Waals surface area (Å²) in [6.45, 7) is 1.95. The minimum absolute atomic E-state index is 0.0375. The molecule has 2 N–H and O–H groups in total. The van der Waals surface area contributed by atoms with Crippen LogP contribution < -0.4 is 5.32 Å². The maximum atomic E-state index is 12.8. The van der Waals surface area contributed by atoms with Crippen LogP contribution in [0.15, 0.2) is 47.1 Å². The maximum absolute atomic E-state index is 12.8. The first kappa shape index (κ1) is 17.4. The maximum Gasteiger partial charge on any atom is 0.251 e. The first-order chi connectivity index (χ1) is 13.5. The standard InChI is InChI=1S/C23H24N2O3/c1-15-14-19-18(6-13-28-19)20(24-15)16-2-4-17(5-3-16)21(26)25-22-7-10-23(27,11-8-22)12-9-22/h2-6,13-14,27H,7-12H2,1H3,(H,25,26). The van der Waals surface area contributed by atoms with Crippen molar-refractivity contribution < 1.29 is 14.3 Å². The van der Waals surface area contributed by atoms with E-state index in [4.69, 9.17) is 4.42 Å². The van der Waals surface area contributed by atoms with Gasteiger partial charge in [-0.3, -0.25) is 9.78 Å². The van der Waals surface area contributed by atoms with Crippen LogP contribution in [0.1, 0.15) is 54.6 Å². The number of fused-ring (bicyclic) bond motifs is 4. The van der Waals surface area contributed by atoms with Gasteiger partial charge in [-0.05, 0) is 63.6 Å². The van der Waals surface area contributed by atoms with Crippen molar-refractivity contribution in [1.82, 2.24) is 10.3 Å². The number of carbonyl (C=O) groups excluding carboxylic acids is 1. The molecule has 2 aromatic heterocycles. The second kappa shape index (κ2) is 6.17. The van der Waals surface area contributed by atoms with Crippen LogP contribution in [-0.2, 0) is 0 Å². The molecule has 3 fully saturated rings. The lowest BCUT2D eigenvalue weighted by atomic mass is 9.63. The fraction of sp³-hybridized carbons (Fsp3) is 0.391. The van der Waals surface area contributed by atoms with Gasteiger partial charge in [-0.15, -0.1) is 0 Å². The Morgan fingerprint density at radius 1 is 1.07 bits per heavy atom. The summed E-state index contributed by atoms with van der Waals surface area (Å²) in [6.07, 6.45) is 6.60. The number of aromatic nitrogens is 1. The van der Waals surface area contributed by atoms with Gasteiger partial charge in [0.05, 0.1) is 17.6 Å². The van der Waals surface area contributed by atoms with Crippen molar-refractivity contribution in [1.29, 1.82) is 0 Å². The molecule has 3 aromatic rings. The molecule has 5 heteroatoms. The summed E-state index contributed by atoms with van der Waals surface area (Å²) in [5.41, 5.74) is 3.55. The largest absolute Gasteiger partial charge is 0.464 e. The number of pyridine rings is 1. The minimum atomic E-state index is -0.493. The molecule has 1 aromatic carbocycles. The molecule has 0 unspecified atom stereocenters. The van der Waals surface area contributed by atoms with Gasteiger partial charge >= 0.3 is 0 Å². The van der Waals surface area contributed by atoms with E-state index >= 15 is 0 Å². The highest BCUT2D eigenvalue weighted by Gasteiger charge is 2.48. The summed E-state index contributed by atoms with van der Waals surface area (Å²) in [5, 5.41) is 14.6. The topological polar surface area (TPSA) is 75.4 Å². The fourth-order valence-corrected chi connectivity index (χ4v) is 4.75. The van der Waals surface area contributed by atoms with E-state index in [-0.39, 0.29) is 11.4 Å². The number of hydrogen-bond acceptors (Lipinski definition) is 4. The molecule has 1 amide bonds. The van der Waals surface area contributed by atoms with E-state index in [1.165, 1.54) is 0 Å². The molecular formula is C23H24N2O3. The van der Waals surface area contributed by atoms with Crippen LogP contribution >= 0.6 is 0 Å². The molecule has 0 aliphatic heterocycles. The van der Waals surface area contributed by atoms with Crippen molar-refractivity contribution in [2.24, 2.45) is 0 Å². The Bertz CT molecular complexity index is 1030. The summed E-state index contributed by atoms with van der Waals surface area (Å²) < 4.78 is 5.52. The molecule has 0 radical (unpaired) electrons. The van der Waals surface area contributed by atoms with Crippen molar-refractivity contribution in [3.8, 4) is 11.3 Å². The Kier molecular flexibility index (Phi) is 3.85. The van der Waals surface area contributed by atoms with E-state index in [2.05, 4.69) is 10.3 Å². The van der Waals surface area contributed by atoms with Crippen molar-refractivity contribution >= 4 is 16.9 Å². The molecule has 3 aliphatic carbocycles. The zero-order valence-electron chi connectivity index (χ0n) is 16.0. The summed E-state index contributed by atoms with van der Waals surface area (Å²) in [6, 6.07) is 11.5. The number of amides is 1. The predicted molar refractivity (Wildman–Crippen MR) is 107 cm³/mol. The molecule has 0 spiro atoms. The Labute approximate surface area is 163 Å². The molecule has 0 atom stereocenters. The van der Waals surface area contributed by atoms with Crippen LogP contribution in [0.3, 0.4) is 0 Å². The molecule has 3 saturated carbocycles. The number of aryl methyl sites for hydroxylation is 1. The van der Waals surface area contributed by atoms with Crippen molar-refractivity contribution in [2.45, 2.75) is 56.6 Å². The normalized spacial score (nSPS) is 26.5. The molecule has 28 heavy (non-hydrogen) atoms. The number of nitrogens with zero attached hydrogens (tertiary/aromatic N) is 1. The van der Waals surface area contributed by atoms with Crippen molar-refractivity contribution in [2.75, 3.05) is 0 Å². The Balaban J connectivity index is 1.38. The second-order valence-electron chi connectivity index (χ2n) is 8.48. The third-order valence-corrected chi connectivity index (χ3v) is 6.58. The zero-order valence-corrected chi connectivity index (χ0v) is 16.0. The summed E-state index contributed by atoms with van der Waals surface area (Å²) in [5.74, 6) is -0.0375. The van der Waals surface area contributed by atoms with Crippen LogP contribution in [0.5, 0.6) is 0 Å². The first-order valence-corrected chi connectivity index (χ1v) is 9.96. The van der Waals surface area contributed by atoms with Gasteiger partial charge in [0.15, 0.2) is 0 Å². The average Bonchev–Trinajstić information content (AvgIpc) is 3.17. The molecule has 0 saturated heterocycles. The van der Waals surface area contributed by atoms with E-state index in [0.717, 1.165) is 66.4 Å². The number of aliphatic hydroxyl groups is 1. The second-order valence-corrected chi connectivity index (χ2v) is 8.48. The summed E-state index contributed by atoms with van der Waals surface area (Å²) in [7, 11) is 0. The number of nitrogens with one attached hydrogen (secondary N) is 1. The minimum Gasteiger partial charge on any atom is -0.464 e. The van der Waals surface area contributed by atoms with Gasteiger partial charge in [-0.1, -0.05) is 12.1 Å². The molecule has 3 aliphatic rings. The first-order valence-electron chi connectivity index (χ1n) is 9.96. The van der Waals surface area contributed by atoms with Gasteiger partial charge in [0.1, 0.15) is 5.58 Å². The molecule has 2 heterocycles. The fourth-order valence-electron chi connectivity index (χ4n) is 4.75. The van der Waals surface area contributed by atoms with Gasteiger partial charge in [-0.2, -0.15) is 0 Å². The number of hydrogen-bond donors (Lipinski definition) is 2. The van der Waals surface area contributed by atoms with Crippen LogP contribution in [0.25, 0.3) is 22.2 Å². The number of benzene rings is 1. The predicted octanol–water partition coefficient (Wildman–Crippen LogP) is 4.37. The van der Waals surface area contributed by atoms with Gasteiger partial charge in [0.2, 0.25) is 0 Å². The van der Waals surface area contributed by atoms with Gasteiger partial charge in [0, 0.05) is 33.8 Å². The van der Waals surface area contributed by atoms with Crippen molar-refractivity contribution in [3.05, 3.63) is 53.9 Å².